The fourth-order valence-corrected chi connectivity index (χ4v) is 4.05. The van der Waals surface area contributed by atoms with E-state index >= 15 is 0 Å². The van der Waals surface area contributed by atoms with Crippen LogP contribution in [0, 0.1) is 6.92 Å². The van der Waals surface area contributed by atoms with E-state index in [2.05, 4.69) is 23.9 Å². The minimum atomic E-state index is -3.72. The topological polar surface area (TPSA) is 84.5 Å². The molecule has 3 rings (SSSR count). The third kappa shape index (κ3) is 6.08. The first-order chi connectivity index (χ1) is 14.7. The van der Waals surface area contributed by atoms with Gasteiger partial charge in [-0.1, -0.05) is 50.2 Å². The van der Waals surface area contributed by atoms with Crippen molar-refractivity contribution in [2.24, 2.45) is 0 Å². The molecule has 0 fully saturated rings. The molecule has 0 bridgehead atoms. The highest BCUT2D eigenvalue weighted by atomic mass is 32.2. The Morgan fingerprint density at radius 2 is 1.65 bits per heavy atom. The third-order valence-corrected chi connectivity index (χ3v) is 6.12. The first-order valence-corrected chi connectivity index (χ1v) is 11.4. The van der Waals surface area contributed by atoms with Gasteiger partial charge in [-0.15, -0.1) is 0 Å². The van der Waals surface area contributed by atoms with Gasteiger partial charge in [0.25, 0.3) is 15.9 Å². The van der Waals surface area contributed by atoms with E-state index in [0.29, 0.717) is 23.0 Å². The number of carbonyl (C=O) groups excluding carboxylic acids is 1. The zero-order valence-electron chi connectivity index (χ0n) is 17.8. The van der Waals surface area contributed by atoms with Crippen LogP contribution < -0.4 is 14.8 Å². The van der Waals surface area contributed by atoms with Crippen LogP contribution in [0.15, 0.2) is 77.7 Å². The molecule has 3 aromatic carbocycles. The average molecular weight is 439 g/mol. The van der Waals surface area contributed by atoms with Crippen LogP contribution >= 0.6 is 0 Å². The second kappa shape index (κ2) is 9.66. The van der Waals surface area contributed by atoms with Gasteiger partial charge in [-0.25, -0.2) is 8.42 Å². The van der Waals surface area contributed by atoms with Gasteiger partial charge < -0.3 is 10.1 Å². The molecule has 0 aliphatic heterocycles. The number of hydrogen-bond donors (Lipinski definition) is 2. The summed E-state index contributed by atoms with van der Waals surface area (Å²) in [6, 6.07) is 20.8. The number of hydrogen-bond acceptors (Lipinski definition) is 4. The molecule has 0 aliphatic rings. The predicted molar refractivity (Wildman–Crippen MR) is 123 cm³/mol. The molecule has 0 atom stereocenters. The maximum Gasteiger partial charge on any atom is 0.262 e. The Morgan fingerprint density at radius 1 is 0.968 bits per heavy atom. The Kier molecular flexibility index (Phi) is 6.97. The van der Waals surface area contributed by atoms with E-state index in [1.165, 1.54) is 17.7 Å². The molecular weight excluding hydrogens is 412 g/mol. The average Bonchev–Trinajstić information content (AvgIpc) is 2.75. The second-order valence-corrected chi connectivity index (χ2v) is 9.19. The maximum atomic E-state index is 12.6. The zero-order valence-corrected chi connectivity index (χ0v) is 18.6. The van der Waals surface area contributed by atoms with Crippen molar-refractivity contribution in [1.82, 2.24) is 0 Å². The van der Waals surface area contributed by atoms with Crippen LogP contribution in [0.5, 0.6) is 5.75 Å². The lowest BCUT2D eigenvalue weighted by Gasteiger charge is -2.13. The number of carbonyl (C=O) groups is 1. The van der Waals surface area contributed by atoms with E-state index in [4.69, 9.17) is 4.74 Å². The highest BCUT2D eigenvalue weighted by molar-refractivity contribution is 7.92. The van der Waals surface area contributed by atoms with E-state index in [-0.39, 0.29) is 17.4 Å². The molecule has 1 amide bonds. The highest BCUT2D eigenvalue weighted by Crippen LogP contribution is 2.24. The molecule has 31 heavy (non-hydrogen) atoms. The summed E-state index contributed by atoms with van der Waals surface area (Å²) in [4.78, 5) is 12.5. The molecule has 0 aliphatic carbocycles. The summed E-state index contributed by atoms with van der Waals surface area (Å²) >= 11 is 0. The van der Waals surface area contributed by atoms with Gasteiger partial charge in [0, 0.05) is 5.69 Å². The van der Waals surface area contributed by atoms with Crippen LogP contribution in [0.4, 0.5) is 11.4 Å². The number of nitrogens with one attached hydrogen (secondary N) is 2. The number of rotatable bonds is 8. The van der Waals surface area contributed by atoms with Crippen LogP contribution in [-0.4, -0.2) is 20.9 Å². The van der Waals surface area contributed by atoms with Crippen LogP contribution in [0.1, 0.15) is 30.9 Å². The van der Waals surface area contributed by atoms with Crippen molar-refractivity contribution in [3.8, 4) is 5.75 Å². The summed E-state index contributed by atoms with van der Waals surface area (Å²) in [7, 11) is -3.72. The number of anilines is 2. The summed E-state index contributed by atoms with van der Waals surface area (Å²) in [5, 5.41) is 2.74. The SMILES string of the molecule is Cc1ccc(NC(=O)COc2ccc(C(C)C)cc2)cc1NS(=O)(=O)c1ccccc1. The van der Waals surface area contributed by atoms with E-state index < -0.39 is 10.0 Å². The van der Waals surface area contributed by atoms with Gasteiger partial charge in [0.15, 0.2) is 6.61 Å². The van der Waals surface area contributed by atoms with Crippen LogP contribution in [0.25, 0.3) is 0 Å². The van der Waals surface area contributed by atoms with E-state index in [1.54, 1.807) is 43.3 Å². The van der Waals surface area contributed by atoms with Crippen molar-refractivity contribution in [3.05, 3.63) is 83.9 Å². The molecule has 162 valence electrons. The van der Waals surface area contributed by atoms with Crippen molar-refractivity contribution < 1.29 is 17.9 Å². The molecule has 7 heteroatoms. The fourth-order valence-electron chi connectivity index (χ4n) is 2.91. The minimum absolute atomic E-state index is 0.153. The van der Waals surface area contributed by atoms with Crippen molar-refractivity contribution >= 4 is 27.3 Å². The number of benzene rings is 3. The van der Waals surface area contributed by atoms with Gasteiger partial charge >= 0.3 is 0 Å². The lowest BCUT2D eigenvalue weighted by atomic mass is 10.0. The van der Waals surface area contributed by atoms with Gasteiger partial charge in [0.05, 0.1) is 10.6 Å². The van der Waals surface area contributed by atoms with Gasteiger partial charge in [-0.05, 0) is 60.4 Å². The molecule has 0 aromatic heterocycles. The largest absolute Gasteiger partial charge is 0.484 e. The zero-order chi connectivity index (χ0) is 22.4. The number of sulfonamides is 1. The van der Waals surface area contributed by atoms with Crippen molar-refractivity contribution in [3.63, 3.8) is 0 Å². The van der Waals surface area contributed by atoms with Crippen molar-refractivity contribution in [2.45, 2.75) is 31.6 Å². The summed E-state index contributed by atoms with van der Waals surface area (Å²) in [5.74, 6) is 0.695. The Labute approximate surface area is 183 Å². The smallest absolute Gasteiger partial charge is 0.262 e. The van der Waals surface area contributed by atoms with Crippen molar-refractivity contribution in [2.75, 3.05) is 16.6 Å². The molecule has 0 saturated carbocycles. The molecule has 2 N–H and O–H groups in total. The predicted octanol–water partition coefficient (Wildman–Crippen LogP) is 4.94. The summed E-state index contributed by atoms with van der Waals surface area (Å²) in [5.41, 5.74) is 2.80. The molecule has 0 heterocycles. The molecule has 0 radical (unpaired) electrons. The van der Waals surface area contributed by atoms with Gasteiger partial charge in [-0.2, -0.15) is 0 Å². The molecular formula is C24H26N2O4S. The molecule has 0 unspecified atom stereocenters. The monoisotopic (exact) mass is 438 g/mol. The first kappa shape index (κ1) is 22.4. The van der Waals surface area contributed by atoms with Crippen LogP contribution in [0.3, 0.4) is 0 Å². The maximum absolute atomic E-state index is 12.6. The molecule has 6 nitrogen and oxygen atoms in total. The normalized spacial score (nSPS) is 11.2. The fraction of sp³-hybridized carbons (Fsp3) is 0.208. The van der Waals surface area contributed by atoms with E-state index in [9.17, 15) is 13.2 Å². The number of amides is 1. The molecule has 3 aromatic rings. The summed E-state index contributed by atoms with van der Waals surface area (Å²) < 4.78 is 33.3. The Bertz CT molecular complexity index is 1140. The Balaban J connectivity index is 1.64. The standard InChI is InChI=1S/C24H26N2O4S/c1-17(2)19-10-13-21(14-11-19)30-16-24(27)25-20-12-9-18(3)23(15-20)26-31(28,29)22-7-5-4-6-8-22/h4-15,17,26H,16H2,1-3H3,(H,25,27). The number of ether oxygens (including phenoxy) is 1. The summed E-state index contributed by atoms with van der Waals surface area (Å²) in [6.07, 6.45) is 0. The number of aryl methyl sites for hydroxylation is 1. The van der Waals surface area contributed by atoms with Gasteiger partial charge in [0.1, 0.15) is 5.75 Å². The second-order valence-electron chi connectivity index (χ2n) is 7.51. The van der Waals surface area contributed by atoms with Gasteiger partial charge in [0.2, 0.25) is 0 Å². The van der Waals surface area contributed by atoms with Crippen LogP contribution in [-0.2, 0) is 14.8 Å². The molecule has 0 spiro atoms. The summed E-state index contributed by atoms with van der Waals surface area (Å²) in [6.45, 7) is 5.86. The van der Waals surface area contributed by atoms with E-state index in [1.807, 2.05) is 24.3 Å². The van der Waals surface area contributed by atoms with Crippen molar-refractivity contribution in [1.29, 1.82) is 0 Å². The van der Waals surface area contributed by atoms with Crippen LogP contribution in [0.2, 0.25) is 0 Å². The minimum Gasteiger partial charge on any atom is -0.484 e. The van der Waals surface area contributed by atoms with Gasteiger partial charge in [-0.3, -0.25) is 9.52 Å². The highest BCUT2D eigenvalue weighted by Gasteiger charge is 2.15. The quantitative estimate of drug-likeness (QED) is 0.522. The lowest BCUT2D eigenvalue weighted by molar-refractivity contribution is -0.118. The first-order valence-electron chi connectivity index (χ1n) is 9.96. The Morgan fingerprint density at radius 3 is 2.29 bits per heavy atom. The molecule has 0 saturated heterocycles. The lowest BCUT2D eigenvalue weighted by Crippen LogP contribution is -2.20. The third-order valence-electron chi connectivity index (χ3n) is 4.74. The van der Waals surface area contributed by atoms with E-state index in [0.717, 1.165) is 5.56 Å². The Hall–Kier alpha value is -3.32.